The SMILES string of the molecule is CCCN1c2cc(F)c(/C=N\NC(=O)c3cccnc3Cl)cc2C(C)=CC1(C)C. The molecule has 1 aliphatic rings. The zero-order chi connectivity index (χ0) is 21.2. The van der Waals surface area contributed by atoms with Gasteiger partial charge in [-0.1, -0.05) is 24.6 Å². The predicted octanol–water partition coefficient (Wildman–Crippen LogP) is 5.05. The van der Waals surface area contributed by atoms with Crippen molar-refractivity contribution in [2.24, 2.45) is 5.10 Å². The molecule has 7 heteroatoms. The molecule has 2 heterocycles. The number of nitrogens with zero attached hydrogens (tertiary/aromatic N) is 3. The van der Waals surface area contributed by atoms with Crippen LogP contribution in [-0.4, -0.2) is 29.2 Å². The summed E-state index contributed by atoms with van der Waals surface area (Å²) in [7, 11) is 0. The monoisotopic (exact) mass is 414 g/mol. The average Bonchev–Trinajstić information content (AvgIpc) is 2.66. The maximum atomic E-state index is 14.8. The Hall–Kier alpha value is -2.73. The van der Waals surface area contributed by atoms with Crippen LogP contribution in [0.3, 0.4) is 0 Å². The highest BCUT2D eigenvalue weighted by Gasteiger charge is 2.31. The summed E-state index contributed by atoms with van der Waals surface area (Å²) in [6.07, 6.45) is 5.94. The summed E-state index contributed by atoms with van der Waals surface area (Å²) in [4.78, 5) is 18.2. The number of amides is 1. The fourth-order valence-corrected chi connectivity index (χ4v) is 3.83. The van der Waals surface area contributed by atoms with E-state index >= 15 is 0 Å². The van der Waals surface area contributed by atoms with Crippen LogP contribution in [0, 0.1) is 5.82 Å². The van der Waals surface area contributed by atoms with Crippen molar-refractivity contribution in [2.45, 2.75) is 39.7 Å². The Balaban J connectivity index is 1.87. The molecule has 0 bridgehead atoms. The lowest BCUT2D eigenvalue weighted by Crippen LogP contribution is -2.45. The first kappa shape index (κ1) is 21.0. The number of aromatic nitrogens is 1. The van der Waals surface area contributed by atoms with Gasteiger partial charge in [-0.25, -0.2) is 14.8 Å². The molecule has 0 saturated carbocycles. The average molecular weight is 415 g/mol. The van der Waals surface area contributed by atoms with Crippen LogP contribution < -0.4 is 10.3 Å². The standard InChI is InChI=1S/C22H24ClFN4O/c1-5-9-28-19-11-18(24)15(10-17(19)14(2)12-22(28,3)4)13-26-27-21(29)16-7-6-8-25-20(16)23/h6-8,10-13H,5,9H2,1-4H3,(H,27,29)/b26-13-. The van der Waals surface area contributed by atoms with Crippen molar-refractivity contribution in [1.29, 1.82) is 0 Å². The summed E-state index contributed by atoms with van der Waals surface area (Å²) in [6, 6.07) is 6.45. The number of benzene rings is 1. The minimum Gasteiger partial charge on any atom is -0.362 e. The fourth-order valence-electron chi connectivity index (χ4n) is 3.62. The van der Waals surface area contributed by atoms with E-state index in [0.717, 1.165) is 29.8 Å². The molecule has 3 rings (SSSR count). The highest BCUT2D eigenvalue weighted by Crippen LogP contribution is 2.39. The van der Waals surface area contributed by atoms with Crippen molar-refractivity contribution in [3.8, 4) is 0 Å². The lowest BCUT2D eigenvalue weighted by molar-refractivity contribution is 0.0955. The normalized spacial score (nSPS) is 15.2. The third kappa shape index (κ3) is 4.32. The van der Waals surface area contributed by atoms with Gasteiger partial charge in [0.05, 0.1) is 17.3 Å². The van der Waals surface area contributed by atoms with Crippen LogP contribution in [0.15, 0.2) is 41.6 Å². The lowest BCUT2D eigenvalue weighted by Gasteiger charge is -2.43. The number of carbonyl (C=O) groups excluding carboxylic acids is 1. The van der Waals surface area contributed by atoms with Gasteiger partial charge in [-0.3, -0.25) is 4.79 Å². The highest BCUT2D eigenvalue weighted by atomic mass is 35.5. The quantitative estimate of drug-likeness (QED) is 0.423. The number of halogens is 2. The molecule has 29 heavy (non-hydrogen) atoms. The number of anilines is 1. The Morgan fingerprint density at radius 3 is 2.86 bits per heavy atom. The summed E-state index contributed by atoms with van der Waals surface area (Å²) < 4.78 is 14.8. The largest absolute Gasteiger partial charge is 0.362 e. The van der Waals surface area contributed by atoms with E-state index in [9.17, 15) is 9.18 Å². The molecule has 0 aliphatic carbocycles. The number of allylic oxidation sites excluding steroid dienone is 1. The Morgan fingerprint density at radius 2 is 2.17 bits per heavy atom. The first-order chi connectivity index (χ1) is 13.7. The van der Waals surface area contributed by atoms with Crippen LogP contribution in [0.1, 0.15) is 55.6 Å². The summed E-state index contributed by atoms with van der Waals surface area (Å²) >= 11 is 5.90. The first-order valence-corrected chi connectivity index (χ1v) is 9.87. The van der Waals surface area contributed by atoms with Gasteiger partial charge in [0.1, 0.15) is 11.0 Å². The van der Waals surface area contributed by atoms with Gasteiger partial charge >= 0.3 is 0 Å². The molecule has 1 aromatic carbocycles. The number of fused-ring (bicyclic) bond motifs is 1. The van der Waals surface area contributed by atoms with E-state index in [1.165, 1.54) is 18.5 Å². The minimum absolute atomic E-state index is 0.0829. The van der Waals surface area contributed by atoms with Crippen LogP contribution in [0.2, 0.25) is 5.15 Å². The summed E-state index contributed by atoms with van der Waals surface area (Å²) in [5, 5.41) is 3.98. The van der Waals surface area contributed by atoms with Crippen molar-refractivity contribution in [2.75, 3.05) is 11.4 Å². The number of rotatable bonds is 5. The van der Waals surface area contributed by atoms with Crippen LogP contribution in [0.4, 0.5) is 10.1 Å². The molecule has 2 aromatic rings. The topological polar surface area (TPSA) is 57.6 Å². The third-order valence-electron chi connectivity index (χ3n) is 4.92. The molecule has 1 aliphatic heterocycles. The smallest absolute Gasteiger partial charge is 0.274 e. The molecule has 1 aromatic heterocycles. The molecule has 1 amide bonds. The van der Waals surface area contributed by atoms with Crippen molar-refractivity contribution in [3.05, 3.63) is 64.2 Å². The number of hydrogen-bond donors (Lipinski definition) is 1. The second kappa shape index (κ2) is 8.33. The maximum Gasteiger partial charge on any atom is 0.274 e. The molecule has 0 saturated heterocycles. The first-order valence-electron chi connectivity index (χ1n) is 9.49. The zero-order valence-electron chi connectivity index (χ0n) is 17.0. The minimum atomic E-state index is -0.510. The van der Waals surface area contributed by atoms with Gasteiger partial charge in [0.2, 0.25) is 0 Å². The number of hydrazone groups is 1. The predicted molar refractivity (Wildman–Crippen MR) is 116 cm³/mol. The number of nitrogens with one attached hydrogen (secondary N) is 1. The van der Waals surface area contributed by atoms with Gasteiger partial charge in [-0.15, -0.1) is 0 Å². The van der Waals surface area contributed by atoms with E-state index in [4.69, 9.17) is 11.6 Å². The Morgan fingerprint density at radius 1 is 1.41 bits per heavy atom. The third-order valence-corrected chi connectivity index (χ3v) is 5.22. The molecule has 0 spiro atoms. The molecule has 0 atom stereocenters. The van der Waals surface area contributed by atoms with Crippen molar-refractivity contribution in [1.82, 2.24) is 10.4 Å². The summed E-state index contributed by atoms with van der Waals surface area (Å²) in [5.41, 5.74) is 5.59. The number of carbonyl (C=O) groups is 1. The molecular formula is C22H24ClFN4O. The van der Waals surface area contributed by atoms with Crippen molar-refractivity contribution >= 4 is 35.0 Å². The zero-order valence-corrected chi connectivity index (χ0v) is 17.7. The van der Waals surface area contributed by atoms with E-state index in [1.807, 2.05) is 6.92 Å². The van der Waals surface area contributed by atoms with E-state index < -0.39 is 11.7 Å². The van der Waals surface area contributed by atoms with Gasteiger partial charge in [-0.2, -0.15) is 5.10 Å². The molecule has 5 nitrogen and oxygen atoms in total. The summed E-state index contributed by atoms with van der Waals surface area (Å²) in [6.45, 7) is 9.21. The van der Waals surface area contributed by atoms with Crippen molar-refractivity contribution in [3.63, 3.8) is 0 Å². The van der Waals surface area contributed by atoms with E-state index in [-0.39, 0.29) is 16.3 Å². The van der Waals surface area contributed by atoms with Crippen LogP contribution in [-0.2, 0) is 0 Å². The molecular weight excluding hydrogens is 391 g/mol. The lowest BCUT2D eigenvalue weighted by atomic mass is 9.88. The van der Waals surface area contributed by atoms with Gasteiger partial charge in [-0.05, 0) is 57.0 Å². The van der Waals surface area contributed by atoms with Gasteiger partial charge in [0.15, 0.2) is 0 Å². The van der Waals surface area contributed by atoms with E-state index in [1.54, 1.807) is 18.2 Å². The second-order valence-corrected chi connectivity index (χ2v) is 7.92. The number of hydrogen-bond acceptors (Lipinski definition) is 4. The molecule has 1 N–H and O–H groups in total. The Kier molecular flexibility index (Phi) is 6.03. The van der Waals surface area contributed by atoms with Gasteiger partial charge < -0.3 is 4.90 Å². The fraction of sp³-hybridized carbons (Fsp3) is 0.318. The Labute approximate surface area is 175 Å². The van der Waals surface area contributed by atoms with E-state index in [0.29, 0.717) is 5.56 Å². The van der Waals surface area contributed by atoms with Gasteiger partial charge in [0.25, 0.3) is 5.91 Å². The summed E-state index contributed by atoms with van der Waals surface area (Å²) in [5.74, 6) is -0.905. The van der Waals surface area contributed by atoms with Crippen LogP contribution in [0.25, 0.3) is 5.57 Å². The molecule has 152 valence electrons. The maximum absolute atomic E-state index is 14.8. The van der Waals surface area contributed by atoms with Gasteiger partial charge in [0, 0.05) is 29.6 Å². The highest BCUT2D eigenvalue weighted by molar-refractivity contribution is 6.32. The molecule has 0 radical (unpaired) electrons. The molecule has 0 fully saturated rings. The number of pyridine rings is 1. The van der Waals surface area contributed by atoms with Crippen LogP contribution >= 0.6 is 11.6 Å². The molecule has 0 unspecified atom stereocenters. The van der Waals surface area contributed by atoms with Crippen molar-refractivity contribution < 1.29 is 9.18 Å². The van der Waals surface area contributed by atoms with Crippen LogP contribution in [0.5, 0.6) is 0 Å². The van der Waals surface area contributed by atoms with E-state index in [2.05, 4.69) is 47.3 Å². The Bertz CT molecular complexity index is 1000. The second-order valence-electron chi connectivity index (χ2n) is 7.56.